The molecule has 0 amide bonds. The van der Waals surface area contributed by atoms with Crippen LogP contribution in [0.1, 0.15) is 110 Å². The summed E-state index contributed by atoms with van der Waals surface area (Å²) in [5.74, 6) is -1.41. The third-order valence-electron chi connectivity index (χ3n) is 3.95. The van der Waals surface area contributed by atoms with E-state index < -0.39 is 11.9 Å². The summed E-state index contributed by atoms with van der Waals surface area (Å²) in [4.78, 5) is 19.7. The number of carboxylic acid groups (broad SMARTS) is 2. The molecule has 0 aliphatic heterocycles. The van der Waals surface area contributed by atoms with E-state index in [4.69, 9.17) is 10.2 Å². The Morgan fingerprint density at radius 3 is 1.44 bits per heavy atom. The molecule has 0 bridgehead atoms. The molecule has 0 saturated heterocycles. The highest BCUT2D eigenvalue weighted by atomic mass is 16.4. The number of carbonyl (C=O) groups is 2. The zero-order valence-electron chi connectivity index (χ0n) is 16.5. The van der Waals surface area contributed by atoms with E-state index in [2.05, 4.69) is 19.1 Å². The Labute approximate surface area is 154 Å². The van der Waals surface area contributed by atoms with Crippen LogP contribution in [0, 0.1) is 0 Å². The molecular formula is C21H40O4. The average Bonchev–Trinajstić information content (AvgIpc) is 2.58. The summed E-state index contributed by atoms with van der Waals surface area (Å²) in [5.41, 5.74) is 0. The summed E-state index contributed by atoms with van der Waals surface area (Å²) in [6.07, 6.45) is 21.5. The van der Waals surface area contributed by atoms with Gasteiger partial charge in [-0.15, -0.1) is 0 Å². The first-order valence-corrected chi connectivity index (χ1v) is 10.1. The monoisotopic (exact) mass is 356 g/mol. The van der Waals surface area contributed by atoms with Crippen LogP contribution in [0.25, 0.3) is 0 Å². The maximum atomic E-state index is 10.3. The fourth-order valence-electron chi connectivity index (χ4n) is 2.35. The van der Waals surface area contributed by atoms with Gasteiger partial charge in [-0.3, -0.25) is 9.59 Å². The maximum absolute atomic E-state index is 10.3. The molecule has 0 saturated carbocycles. The standard InChI is InChI=1S/C18H34O2.C3H6O2/c1-2-3-4-5-6-7-8-9-10-11-12-13-14-15-16-17-18(19)20;1-2-3(4)5/h9-10H,2-8,11-17H2,1H3,(H,19,20);2H2,1H3,(H,4,5). The molecule has 0 atom stereocenters. The second-order valence-corrected chi connectivity index (χ2v) is 6.48. The minimum atomic E-state index is -0.745. The third kappa shape index (κ3) is 31.0. The van der Waals surface area contributed by atoms with E-state index in [9.17, 15) is 9.59 Å². The minimum Gasteiger partial charge on any atom is -0.481 e. The van der Waals surface area contributed by atoms with Crippen LogP contribution in [0.3, 0.4) is 0 Å². The van der Waals surface area contributed by atoms with Crippen molar-refractivity contribution in [3.05, 3.63) is 12.2 Å². The van der Waals surface area contributed by atoms with Crippen molar-refractivity contribution in [2.45, 2.75) is 110 Å². The molecule has 0 aliphatic rings. The van der Waals surface area contributed by atoms with Gasteiger partial charge < -0.3 is 10.2 Å². The lowest BCUT2D eigenvalue weighted by Crippen LogP contribution is -1.93. The number of hydrogen-bond donors (Lipinski definition) is 2. The van der Waals surface area contributed by atoms with Crippen molar-refractivity contribution in [2.75, 3.05) is 0 Å². The van der Waals surface area contributed by atoms with Crippen molar-refractivity contribution < 1.29 is 19.8 Å². The molecule has 0 heterocycles. The van der Waals surface area contributed by atoms with Crippen LogP contribution in [0.2, 0.25) is 0 Å². The van der Waals surface area contributed by atoms with Crippen molar-refractivity contribution in [1.82, 2.24) is 0 Å². The molecule has 0 aliphatic carbocycles. The fraction of sp³-hybridized carbons (Fsp3) is 0.810. The zero-order valence-corrected chi connectivity index (χ0v) is 16.5. The lowest BCUT2D eigenvalue weighted by Gasteiger charge is -1.99. The minimum absolute atomic E-state index is 0.222. The highest BCUT2D eigenvalue weighted by Gasteiger charge is 1.95. The molecule has 0 unspecified atom stereocenters. The molecule has 2 N–H and O–H groups in total. The van der Waals surface area contributed by atoms with Crippen molar-refractivity contribution in [2.24, 2.45) is 0 Å². The van der Waals surface area contributed by atoms with Gasteiger partial charge in [0.2, 0.25) is 0 Å². The summed E-state index contributed by atoms with van der Waals surface area (Å²) >= 11 is 0. The van der Waals surface area contributed by atoms with Crippen LogP contribution in [-0.2, 0) is 9.59 Å². The maximum Gasteiger partial charge on any atom is 0.303 e. The van der Waals surface area contributed by atoms with Gasteiger partial charge in [0, 0.05) is 12.8 Å². The number of rotatable bonds is 16. The summed E-state index contributed by atoms with van der Waals surface area (Å²) in [7, 11) is 0. The molecule has 0 aromatic heterocycles. The number of hydrogen-bond acceptors (Lipinski definition) is 2. The largest absolute Gasteiger partial charge is 0.481 e. The van der Waals surface area contributed by atoms with Crippen molar-refractivity contribution in [1.29, 1.82) is 0 Å². The SMILES string of the molecule is CCC(=O)O.CCCCCCCCC=CCCCCCCCC(=O)O. The summed E-state index contributed by atoms with van der Waals surface area (Å²) in [6.45, 7) is 3.86. The quantitative estimate of drug-likeness (QED) is 0.242. The van der Waals surface area contributed by atoms with Crippen LogP contribution in [0.4, 0.5) is 0 Å². The van der Waals surface area contributed by atoms with E-state index in [1.54, 1.807) is 6.92 Å². The molecular weight excluding hydrogens is 316 g/mol. The van der Waals surface area contributed by atoms with Crippen LogP contribution in [-0.4, -0.2) is 22.2 Å². The predicted molar refractivity (Wildman–Crippen MR) is 105 cm³/mol. The molecule has 0 aromatic rings. The number of unbranched alkanes of at least 4 members (excludes halogenated alkanes) is 11. The van der Waals surface area contributed by atoms with Gasteiger partial charge in [0.25, 0.3) is 0 Å². The zero-order chi connectivity index (χ0) is 19.2. The summed E-state index contributed by atoms with van der Waals surface area (Å²) in [6, 6.07) is 0. The van der Waals surface area contributed by atoms with Crippen molar-refractivity contribution in [3.63, 3.8) is 0 Å². The van der Waals surface area contributed by atoms with Gasteiger partial charge in [0.15, 0.2) is 0 Å². The van der Waals surface area contributed by atoms with Gasteiger partial charge in [-0.1, -0.05) is 77.4 Å². The molecule has 4 nitrogen and oxygen atoms in total. The van der Waals surface area contributed by atoms with E-state index in [0.29, 0.717) is 6.42 Å². The van der Waals surface area contributed by atoms with Gasteiger partial charge in [0.05, 0.1) is 0 Å². The highest BCUT2D eigenvalue weighted by molar-refractivity contribution is 5.66. The van der Waals surface area contributed by atoms with Gasteiger partial charge in [-0.25, -0.2) is 0 Å². The summed E-state index contributed by atoms with van der Waals surface area (Å²) < 4.78 is 0. The fourth-order valence-corrected chi connectivity index (χ4v) is 2.35. The number of allylic oxidation sites excluding steroid dienone is 2. The Morgan fingerprint density at radius 1 is 0.640 bits per heavy atom. The molecule has 148 valence electrons. The Kier molecular flexibility index (Phi) is 23.5. The first-order chi connectivity index (χ1) is 12.0. The smallest absolute Gasteiger partial charge is 0.303 e. The molecule has 4 heteroatoms. The normalized spacial score (nSPS) is 10.5. The summed E-state index contributed by atoms with van der Waals surface area (Å²) in [5, 5.41) is 16.2. The van der Waals surface area contributed by atoms with E-state index >= 15 is 0 Å². The lowest BCUT2D eigenvalue weighted by molar-refractivity contribution is -0.137. The van der Waals surface area contributed by atoms with Crippen LogP contribution in [0.15, 0.2) is 12.2 Å². The second-order valence-electron chi connectivity index (χ2n) is 6.48. The first-order valence-electron chi connectivity index (χ1n) is 10.1. The lowest BCUT2D eigenvalue weighted by atomic mass is 10.1. The molecule has 0 radical (unpaired) electrons. The van der Waals surface area contributed by atoms with Gasteiger partial charge >= 0.3 is 11.9 Å². The predicted octanol–water partition coefficient (Wildman–Crippen LogP) is 6.59. The number of carboxylic acids is 2. The highest BCUT2D eigenvalue weighted by Crippen LogP contribution is 2.09. The van der Waals surface area contributed by atoms with E-state index in [-0.39, 0.29) is 6.42 Å². The first kappa shape index (κ1) is 25.9. The van der Waals surface area contributed by atoms with E-state index in [1.807, 2.05) is 0 Å². The Hall–Kier alpha value is -1.32. The Balaban J connectivity index is 0. The van der Waals surface area contributed by atoms with E-state index in [1.165, 1.54) is 70.6 Å². The molecule has 0 aromatic carbocycles. The van der Waals surface area contributed by atoms with Gasteiger partial charge in [-0.2, -0.15) is 0 Å². The van der Waals surface area contributed by atoms with Crippen molar-refractivity contribution >= 4 is 11.9 Å². The Morgan fingerprint density at radius 2 is 1.04 bits per heavy atom. The second kappa shape index (κ2) is 22.7. The number of aliphatic carboxylic acids is 2. The van der Waals surface area contributed by atoms with Crippen LogP contribution >= 0.6 is 0 Å². The molecule has 0 spiro atoms. The van der Waals surface area contributed by atoms with Gasteiger partial charge in [0.1, 0.15) is 0 Å². The molecule has 0 fully saturated rings. The topological polar surface area (TPSA) is 74.6 Å². The molecule has 25 heavy (non-hydrogen) atoms. The molecule has 0 rings (SSSR count). The van der Waals surface area contributed by atoms with Crippen LogP contribution < -0.4 is 0 Å². The average molecular weight is 357 g/mol. The third-order valence-corrected chi connectivity index (χ3v) is 3.95. The van der Waals surface area contributed by atoms with Crippen molar-refractivity contribution in [3.8, 4) is 0 Å². The van der Waals surface area contributed by atoms with E-state index in [0.717, 1.165) is 12.8 Å². The Bertz CT molecular complexity index is 324. The van der Waals surface area contributed by atoms with Gasteiger partial charge in [-0.05, 0) is 32.1 Å². The van der Waals surface area contributed by atoms with Crippen LogP contribution in [0.5, 0.6) is 0 Å².